The van der Waals surface area contributed by atoms with Crippen molar-refractivity contribution in [2.45, 2.75) is 64.8 Å². The summed E-state index contributed by atoms with van der Waals surface area (Å²) in [5.41, 5.74) is 3.90. The second-order valence-corrected chi connectivity index (χ2v) is 8.45. The highest BCUT2D eigenvalue weighted by molar-refractivity contribution is 6.39. The zero-order chi connectivity index (χ0) is 21.2. The number of ether oxygens (including phenoxy) is 1. The standard InChI is InChI=1S/C20H29N5O4/c1-5-29-19(28)15-12-16(20(2,3)4)25(23-15)13-8-10-24(11-9-13)18(27)14-6-7-17(26)22-21-14/h12-13H,5-11H2,1-4H3,(H,22,26). The van der Waals surface area contributed by atoms with E-state index in [0.29, 0.717) is 43.9 Å². The van der Waals surface area contributed by atoms with Crippen LogP contribution >= 0.6 is 0 Å². The van der Waals surface area contributed by atoms with Gasteiger partial charge in [0.1, 0.15) is 5.71 Å². The Hall–Kier alpha value is -2.71. The number of amides is 2. The lowest BCUT2D eigenvalue weighted by molar-refractivity contribution is -0.125. The first kappa shape index (κ1) is 21.0. The van der Waals surface area contributed by atoms with Gasteiger partial charge in [-0.2, -0.15) is 10.2 Å². The number of nitrogens with zero attached hydrogens (tertiary/aromatic N) is 4. The molecule has 0 aliphatic carbocycles. The van der Waals surface area contributed by atoms with Crippen LogP contribution in [0.15, 0.2) is 11.2 Å². The predicted octanol–water partition coefficient (Wildman–Crippen LogP) is 1.79. The summed E-state index contributed by atoms with van der Waals surface area (Å²) in [6.45, 7) is 9.50. The summed E-state index contributed by atoms with van der Waals surface area (Å²) in [6, 6.07) is 1.92. The van der Waals surface area contributed by atoms with E-state index in [4.69, 9.17) is 4.74 Å². The van der Waals surface area contributed by atoms with Crippen LogP contribution in [0.1, 0.15) is 75.6 Å². The average molecular weight is 403 g/mol. The van der Waals surface area contributed by atoms with Gasteiger partial charge in [-0.05, 0) is 25.8 Å². The van der Waals surface area contributed by atoms with Crippen LogP contribution < -0.4 is 5.43 Å². The minimum atomic E-state index is -0.415. The van der Waals surface area contributed by atoms with Gasteiger partial charge in [0.05, 0.1) is 12.6 Å². The van der Waals surface area contributed by atoms with Crippen LogP contribution in [0.25, 0.3) is 0 Å². The fraction of sp³-hybridized carbons (Fsp3) is 0.650. The van der Waals surface area contributed by atoms with Gasteiger partial charge in [0.25, 0.3) is 5.91 Å². The highest BCUT2D eigenvalue weighted by Gasteiger charge is 2.32. The Balaban J connectivity index is 1.72. The number of hydrazone groups is 1. The highest BCUT2D eigenvalue weighted by Crippen LogP contribution is 2.31. The van der Waals surface area contributed by atoms with Gasteiger partial charge in [-0.3, -0.25) is 14.3 Å². The van der Waals surface area contributed by atoms with E-state index in [2.05, 4.69) is 36.4 Å². The van der Waals surface area contributed by atoms with Crippen molar-refractivity contribution in [2.24, 2.45) is 5.10 Å². The van der Waals surface area contributed by atoms with Crippen molar-refractivity contribution < 1.29 is 19.1 Å². The van der Waals surface area contributed by atoms with Crippen molar-refractivity contribution in [3.05, 3.63) is 17.5 Å². The van der Waals surface area contributed by atoms with E-state index >= 15 is 0 Å². The molecule has 3 heterocycles. The van der Waals surface area contributed by atoms with Gasteiger partial charge in [-0.15, -0.1) is 0 Å². The SMILES string of the molecule is CCOC(=O)c1cc(C(C)(C)C)n(C2CCN(C(=O)C3=NNC(=O)CC3)CC2)n1. The van der Waals surface area contributed by atoms with E-state index in [1.807, 2.05) is 10.7 Å². The molecule has 1 aromatic rings. The number of rotatable bonds is 4. The van der Waals surface area contributed by atoms with E-state index in [0.717, 1.165) is 18.5 Å². The van der Waals surface area contributed by atoms with Crippen molar-refractivity contribution in [1.29, 1.82) is 0 Å². The molecule has 9 nitrogen and oxygen atoms in total. The first-order chi connectivity index (χ1) is 13.7. The highest BCUT2D eigenvalue weighted by atomic mass is 16.5. The molecule has 1 aromatic heterocycles. The predicted molar refractivity (Wildman–Crippen MR) is 107 cm³/mol. The fourth-order valence-electron chi connectivity index (χ4n) is 3.66. The lowest BCUT2D eigenvalue weighted by atomic mass is 9.91. The molecule has 0 unspecified atom stereocenters. The molecule has 0 atom stereocenters. The van der Waals surface area contributed by atoms with Crippen molar-refractivity contribution in [1.82, 2.24) is 20.1 Å². The Labute approximate surface area is 170 Å². The summed E-state index contributed by atoms with van der Waals surface area (Å²) >= 11 is 0. The molecular formula is C20H29N5O4. The average Bonchev–Trinajstić information content (AvgIpc) is 3.14. The van der Waals surface area contributed by atoms with Crippen molar-refractivity contribution in [2.75, 3.05) is 19.7 Å². The third kappa shape index (κ3) is 4.65. The smallest absolute Gasteiger partial charge is 0.358 e. The Bertz CT molecular complexity index is 828. The van der Waals surface area contributed by atoms with Crippen LogP contribution in [0.2, 0.25) is 0 Å². The number of hydrogen-bond acceptors (Lipinski definition) is 6. The summed E-state index contributed by atoms with van der Waals surface area (Å²) in [7, 11) is 0. The van der Waals surface area contributed by atoms with E-state index in [1.54, 1.807) is 11.8 Å². The minimum Gasteiger partial charge on any atom is -0.461 e. The Kier molecular flexibility index (Phi) is 6.04. The van der Waals surface area contributed by atoms with Crippen molar-refractivity contribution >= 4 is 23.5 Å². The topological polar surface area (TPSA) is 106 Å². The van der Waals surface area contributed by atoms with Crippen LogP contribution in [0.4, 0.5) is 0 Å². The number of nitrogens with one attached hydrogen (secondary N) is 1. The summed E-state index contributed by atoms with van der Waals surface area (Å²) in [4.78, 5) is 37.8. The third-order valence-corrected chi connectivity index (χ3v) is 5.24. The first-order valence-corrected chi connectivity index (χ1v) is 10.1. The van der Waals surface area contributed by atoms with Gasteiger partial charge >= 0.3 is 5.97 Å². The number of hydrogen-bond donors (Lipinski definition) is 1. The first-order valence-electron chi connectivity index (χ1n) is 10.1. The Morgan fingerprint density at radius 1 is 1.24 bits per heavy atom. The van der Waals surface area contributed by atoms with Gasteiger partial charge in [0, 0.05) is 37.0 Å². The number of carbonyl (C=O) groups is 3. The van der Waals surface area contributed by atoms with E-state index in [9.17, 15) is 14.4 Å². The van der Waals surface area contributed by atoms with Gasteiger partial charge < -0.3 is 9.64 Å². The van der Waals surface area contributed by atoms with Gasteiger partial charge in [0.2, 0.25) is 5.91 Å². The van der Waals surface area contributed by atoms with Crippen LogP contribution in [0.5, 0.6) is 0 Å². The van der Waals surface area contributed by atoms with Crippen LogP contribution in [-0.2, 0) is 19.7 Å². The van der Waals surface area contributed by atoms with E-state index in [1.165, 1.54) is 0 Å². The zero-order valence-electron chi connectivity index (χ0n) is 17.5. The molecule has 0 aromatic carbocycles. The van der Waals surface area contributed by atoms with Crippen LogP contribution in [0, 0.1) is 0 Å². The third-order valence-electron chi connectivity index (χ3n) is 5.24. The van der Waals surface area contributed by atoms with Crippen molar-refractivity contribution in [3.63, 3.8) is 0 Å². The largest absolute Gasteiger partial charge is 0.461 e. The number of piperidine rings is 1. The molecular weight excluding hydrogens is 374 g/mol. The molecule has 2 amide bonds. The molecule has 0 bridgehead atoms. The summed E-state index contributed by atoms with van der Waals surface area (Å²) in [5, 5.41) is 8.46. The van der Waals surface area contributed by atoms with Crippen LogP contribution in [0.3, 0.4) is 0 Å². The normalized spacial score (nSPS) is 18.3. The summed E-state index contributed by atoms with van der Waals surface area (Å²) < 4.78 is 7.05. The minimum absolute atomic E-state index is 0.101. The molecule has 0 saturated carbocycles. The second kappa shape index (κ2) is 8.34. The number of carbonyl (C=O) groups excluding carboxylic acids is 3. The monoisotopic (exact) mass is 403 g/mol. The number of esters is 1. The van der Waals surface area contributed by atoms with Gasteiger partial charge in [0.15, 0.2) is 5.69 Å². The van der Waals surface area contributed by atoms with Gasteiger partial charge in [-0.1, -0.05) is 20.8 Å². The molecule has 158 valence electrons. The van der Waals surface area contributed by atoms with Crippen LogP contribution in [-0.4, -0.2) is 57.9 Å². The molecule has 0 spiro atoms. The lowest BCUT2D eigenvalue weighted by Gasteiger charge is -2.34. The lowest BCUT2D eigenvalue weighted by Crippen LogP contribution is -2.44. The number of aromatic nitrogens is 2. The molecule has 1 fully saturated rings. The Morgan fingerprint density at radius 2 is 1.93 bits per heavy atom. The molecule has 2 aliphatic heterocycles. The maximum absolute atomic E-state index is 12.7. The van der Waals surface area contributed by atoms with E-state index in [-0.39, 0.29) is 23.3 Å². The second-order valence-electron chi connectivity index (χ2n) is 8.45. The molecule has 1 N–H and O–H groups in total. The summed E-state index contributed by atoms with van der Waals surface area (Å²) in [5.74, 6) is -0.694. The van der Waals surface area contributed by atoms with E-state index < -0.39 is 5.97 Å². The number of likely N-dealkylation sites (tertiary alicyclic amines) is 1. The zero-order valence-corrected chi connectivity index (χ0v) is 17.5. The summed E-state index contributed by atoms with van der Waals surface area (Å²) in [6.07, 6.45) is 2.14. The van der Waals surface area contributed by atoms with Gasteiger partial charge in [-0.25, -0.2) is 10.2 Å². The maximum atomic E-state index is 12.7. The quantitative estimate of drug-likeness (QED) is 0.772. The van der Waals surface area contributed by atoms with Crippen molar-refractivity contribution in [3.8, 4) is 0 Å². The Morgan fingerprint density at radius 3 is 2.48 bits per heavy atom. The molecule has 3 rings (SSSR count). The molecule has 0 radical (unpaired) electrons. The molecule has 1 saturated heterocycles. The fourth-order valence-corrected chi connectivity index (χ4v) is 3.66. The molecule has 29 heavy (non-hydrogen) atoms. The molecule has 2 aliphatic rings. The molecule has 9 heteroatoms. The maximum Gasteiger partial charge on any atom is 0.358 e.